The van der Waals surface area contributed by atoms with Gasteiger partial charge in [0.2, 0.25) is 11.8 Å². The summed E-state index contributed by atoms with van der Waals surface area (Å²) in [6.45, 7) is 3.97. The van der Waals surface area contributed by atoms with Crippen molar-refractivity contribution in [3.63, 3.8) is 0 Å². The van der Waals surface area contributed by atoms with E-state index < -0.39 is 6.04 Å². The van der Waals surface area contributed by atoms with E-state index in [4.69, 9.17) is 0 Å². The molecule has 0 spiro atoms. The van der Waals surface area contributed by atoms with Crippen LogP contribution in [0, 0.1) is 5.92 Å². The van der Waals surface area contributed by atoms with Gasteiger partial charge in [-0.2, -0.15) is 0 Å². The van der Waals surface area contributed by atoms with E-state index in [0.717, 1.165) is 18.4 Å². The molecule has 1 aromatic rings. The fourth-order valence-electron chi connectivity index (χ4n) is 3.39. The summed E-state index contributed by atoms with van der Waals surface area (Å²) >= 11 is 0. The van der Waals surface area contributed by atoms with Crippen molar-refractivity contribution >= 4 is 11.8 Å². The number of nitrogens with one attached hydrogen (secondary N) is 1. The Hall–Kier alpha value is -1.84. The minimum atomic E-state index is -0.451. The summed E-state index contributed by atoms with van der Waals surface area (Å²) in [5, 5.41) is 2.95. The Bertz CT molecular complexity index is 536. The zero-order valence-electron chi connectivity index (χ0n) is 15.1. The van der Waals surface area contributed by atoms with Crippen LogP contribution in [-0.4, -0.2) is 35.8 Å². The summed E-state index contributed by atoms with van der Waals surface area (Å²) in [4.78, 5) is 27.1. The Labute approximate surface area is 145 Å². The molecule has 0 heterocycles. The standard InChI is InChI=1S/C20H30N2O2/c1-15(2)19(20(24)22(3)17-12-8-5-9-13-17)21-18(23)14-16-10-6-4-7-11-16/h4,6-7,10-11,15,17,19H,5,8-9,12-14H2,1-3H3,(H,21,23). The van der Waals surface area contributed by atoms with Crippen LogP contribution in [0.5, 0.6) is 0 Å². The first-order valence-corrected chi connectivity index (χ1v) is 9.09. The van der Waals surface area contributed by atoms with Crippen LogP contribution in [-0.2, 0) is 16.0 Å². The largest absolute Gasteiger partial charge is 0.344 e. The molecule has 132 valence electrons. The average molecular weight is 330 g/mol. The molecule has 0 bridgehead atoms. The van der Waals surface area contributed by atoms with E-state index in [2.05, 4.69) is 5.32 Å². The van der Waals surface area contributed by atoms with Crippen molar-refractivity contribution in [3.05, 3.63) is 35.9 Å². The zero-order valence-corrected chi connectivity index (χ0v) is 15.1. The predicted molar refractivity (Wildman–Crippen MR) is 96.6 cm³/mol. The van der Waals surface area contributed by atoms with Crippen LogP contribution in [0.4, 0.5) is 0 Å². The fraction of sp³-hybridized carbons (Fsp3) is 0.600. The van der Waals surface area contributed by atoms with Gasteiger partial charge in [0.05, 0.1) is 6.42 Å². The molecule has 0 radical (unpaired) electrons. The minimum Gasteiger partial charge on any atom is -0.344 e. The summed E-state index contributed by atoms with van der Waals surface area (Å²) in [5.74, 6) is 0.0202. The molecule has 4 nitrogen and oxygen atoms in total. The van der Waals surface area contributed by atoms with E-state index in [-0.39, 0.29) is 17.7 Å². The number of likely N-dealkylation sites (N-methyl/N-ethyl adjacent to an activating group) is 1. The first kappa shape index (κ1) is 18.5. The lowest BCUT2D eigenvalue weighted by molar-refractivity contribution is -0.138. The molecular formula is C20H30N2O2. The SMILES string of the molecule is CC(C)C(NC(=O)Cc1ccccc1)C(=O)N(C)C1CCCCC1. The second kappa shape index (κ2) is 8.86. The van der Waals surface area contributed by atoms with E-state index in [1.807, 2.05) is 56.1 Å². The molecular weight excluding hydrogens is 300 g/mol. The Morgan fingerprint density at radius 1 is 1.12 bits per heavy atom. The van der Waals surface area contributed by atoms with E-state index in [1.165, 1.54) is 19.3 Å². The van der Waals surface area contributed by atoms with Crippen LogP contribution in [0.25, 0.3) is 0 Å². The van der Waals surface area contributed by atoms with Crippen molar-refractivity contribution in [1.82, 2.24) is 10.2 Å². The van der Waals surface area contributed by atoms with E-state index >= 15 is 0 Å². The maximum absolute atomic E-state index is 12.9. The highest BCUT2D eigenvalue weighted by Crippen LogP contribution is 2.22. The third-order valence-electron chi connectivity index (χ3n) is 4.93. The van der Waals surface area contributed by atoms with Crippen molar-refractivity contribution in [3.8, 4) is 0 Å². The number of rotatable bonds is 6. The zero-order chi connectivity index (χ0) is 17.5. The summed E-state index contributed by atoms with van der Waals surface area (Å²) in [6, 6.07) is 9.50. The van der Waals surface area contributed by atoms with Gasteiger partial charge in [-0.3, -0.25) is 9.59 Å². The second-order valence-corrected chi connectivity index (χ2v) is 7.19. The molecule has 1 aromatic carbocycles. The van der Waals surface area contributed by atoms with Crippen LogP contribution in [0.1, 0.15) is 51.5 Å². The van der Waals surface area contributed by atoms with Crippen molar-refractivity contribution in [2.75, 3.05) is 7.05 Å². The Morgan fingerprint density at radius 2 is 1.75 bits per heavy atom. The number of benzene rings is 1. The van der Waals surface area contributed by atoms with Crippen LogP contribution in [0.15, 0.2) is 30.3 Å². The molecule has 1 fully saturated rings. The maximum atomic E-state index is 12.9. The quantitative estimate of drug-likeness (QED) is 0.871. The highest BCUT2D eigenvalue weighted by Gasteiger charge is 2.30. The minimum absolute atomic E-state index is 0.0401. The summed E-state index contributed by atoms with van der Waals surface area (Å²) in [7, 11) is 1.89. The molecule has 1 N–H and O–H groups in total. The van der Waals surface area contributed by atoms with Gasteiger partial charge in [-0.25, -0.2) is 0 Å². The summed E-state index contributed by atoms with van der Waals surface area (Å²) in [6.07, 6.45) is 6.10. The maximum Gasteiger partial charge on any atom is 0.245 e. The van der Waals surface area contributed by atoms with Gasteiger partial charge in [0.15, 0.2) is 0 Å². The number of carbonyl (C=O) groups is 2. The predicted octanol–water partition coefficient (Wildman–Crippen LogP) is 3.16. The van der Waals surface area contributed by atoms with Crippen molar-refractivity contribution < 1.29 is 9.59 Å². The smallest absolute Gasteiger partial charge is 0.245 e. The van der Waals surface area contributed by atoms with Gasteiger partial charge in [0, 0.05) is 13.1 Å². The van der Waals surface area contributed by atoms with Crippen molar-refractivity contribution in [2.45, 2.75) is 64.5 Å². The Kier molecular flexibility index (Phi) is 6.83. The van der Waals surface area contributed by atoms with Crippen molar-refractivity contribution in [1.29, 1.82) is 0 Å². The second-order valence-electron chi connectivity index (χ2n) is 7.19. The third-order valence-corrected chi connectivity index (χ3v) is 4.93. The fourth-order valence-corrected chi connectivity index (χ4v) is 3.39. The lowest BCUT2D eigenvalue weighted by Gasteiger charge is -2.35. The van der Waals surface area contributed by atoms with E-state index in [0.29, 0.717) is 12.5 Å². The molecule has 2 amide bonds. The van der Waals surface area contributed by atoms with Crippen molar-refractivity contribution in [2.24, 2.45) is 5.92 Å². The lowest BCUT2D eigenvalue weighted by atomic mass is 9.93. The molecule has 1 unspecified atom stereocenters. The molecule has 1 atom stereocenters. The van der Waals surface area contributed by atoms with Crippen LogP contribution >= 0.6 is 0 Å². The van der Waals surface area contributed by atoms with Gasteiger partial charge in [0.1, 0.15) is 6.04 Å². The van der Waals surface area contributed by atoms with Gasteiger partial charge in [-0.15, -0.1) is 0 Å². The number of amides is 2. The molecule has 0 saturated heterocycles. The first-order valence-electron chi connectivity index (χ1n) is 9.09. The molecule has 4 heteroatoms. The molecule has 1 aliphatic carbocycles. The van der Waals surface area contributed by atoms with Crippen LogP contribution < -0.4 is 5.32 Å². The van der Waals surface area contributed by atoms with Gasteiger partial charge in [0.25, 0.3) is 0 Å². The van der Waals surface area contributed by atoms with Gasteiger partial charge >= 0.3 is 0 Å². The highest BCUT2D eigenvalue weighted by atomic mass is 16.2. The Balaban J connectivity index is 1.97. The monoisotopic (exact) mass is 330 g/mol. The number of nitrogens with zero attached hydrogens (tertiary/aromatic N) is 1. The van der Waals surface area contributed by atoms with Gasteiger partial charge in [-0.05, 0) is 24.3 Å². The normalized spacial score (nSPS) is 16.7. The number of hydrogen-bond donors (Lipinski definition) is 1. The molecule has 0 aliphatic heterocycles. The number of carbonyl (C=O) groups excluding carboxylic acids is 2. The topological polar surface area (TPSA) is 49.4 Å². The summed E-state index contributed by atoms with van der Waals surface area (Å²) in [5.41, 5.74) is 0.964. The summed E-state index contributed by atoms with van der Waals surface area (Å²) < 4.78 is 0. The van der Waals surface area contributed by atoms with Gasteiger partial charge in [-0.1, -0.05) is 63.4 Å². The molecule has 24 heavy (non-hydrogen) atoms. The van der Waals surface area contributed by atoms with Crippen LogP contribution in [0.3, 0.4) is 0 Å². The van der Waals surface area contributed by atoms with Crippen LogP contribution in [0.2, 0.25) is 0 Å². The number of hydrogen-bond acceptors (Lipinski definition) is 2. The van der Waals surface area contributed by atoms with E-state index in [9.17, 15) is 9.59 Å². The molecule has 2 rings (SSSR count). The van der Waals surface area contributed by atoms with Gasteiger partial charge < -0.3 is 10.2 Å². The average Bonchev–Trinajstić information content (AvgIpc) is 2.60. The molecule has 0 aromatic heterocycles. The molecule has 1 saturated carbocycles. The highest BCUT2D eigenvalue weighted by molar-refractivity contribution is 5.88. The molecule has 1 aliphatic rings. The third kappa shape index (κ3) is 5.08. The first-order chi connectivity index (χ1) is 11.5. The Morgan fingerprint density at radius 3 is 2.33 bits per heavy atom. The van der Waals surface area contributed by atoms with E-state index in [1.54, 1.807) is 0 Å². The lowest BCUT2D eigenvalue weighted by Crippen LogP contribution is -2.53.